The van der Waals surface area contributed by atoms with E-state index in [1.54, 1.807) is 0 Å². The van der Waals surface area contributed by atoms with Crippen LogP contribution in [0.4, 0.5) is 0 Å². The highest BCUT2D eigenvalue weighted by Gasteiger charge is 2.24. The van der Waals surface area contributed by atoms with E-state index in [0.717, 1.165) is 43.1 Å². The van der Waals surface area contributed by atoms with Gasteiger partial charge in [0.2, 0.25) is 0 Å². The van der Waals surface area contributed by atoms with Gasteiger partial charge >= 0.3 is 0 Å². The molecule has 0 fully saturated rings. The first-order chi connectivity index (χ1) is 12.1. The molecular formula is C20H19Cl2N3. The maximum Gasteiger partial charge on any atom is 0.110 e. The second-order valence-electron chi connectivity index (χ2n) is 6.40. The number of imidazole rings is 1. The third kappa shape index (κ3) is 3.20. The van der Waals surface area contributed by atoms with Gasteiger partial charge in [-0.3, -0.25) is 4.90 Å². The van der Waals surface area contributed by atoms with Crippen LogP contribution < -0.4 is 0 Å². The van der Waals surface area contributed by atoms with Crippen LogP contribution in [0.15, 0.2) is 48.5 Å². The number of para-hydroxylation sites is 1. The topological polar surface area (TPSA) is 21.1 Å². The SMILES string of the molecule is Cc1nc2c(n1-c1ccccc1)CCN(Cc1cccc(Cl)c1Cl)C2. The summed E-state index contributed by atoms with van der Waals surface area (Å²) < 4.78 is 2.28. The molecule has 2 aromatic carbocycles. The summed E-state index contributed by atoms with van der Waals surface area (Å²) in [6.45, 7) is 4.67. The molecule has 2 heterocycles. The van der Waals surface area contributed by atoms with Gasteiger partial charge in [-0.1, -0.05) is 53.5 Å². The lowest BCUT2D eigenvalue weighted by Crippen LogP contribution is -2.31. The fourth-order valence-corrected chi connectivity index (χ4v) is 3.92. The van der Waals surface area contributed by atoms with E-state index >= 15 is 0 Å². The summed E-state index contributed by atoms with van der Waals surface area (Å²) >= 11 is 12.5. The van der Waals surface area contributed by atoms with E-state index in [1.165, 1.54) is 11.4 Å². The Labute approximate surface area is 157 Å². The first kappa shape index (κ1) is 16.6. The van der Waals surface area contributed by atoms with Gasteiger partial charge in [-0.2, -0.15) is 0 Å². The third-order valence-corrected chi connectivity index (χ3v) is 5.56. The summed E-state index contributed by atoms with van der Waals surface area (Å²) in [6.07, 6.45) is 0.975. The Hall–Kier alpha value is -1.81. The van der Waals surface area contributed by atoms with Gasteiger partial charge in [-0.05, 0) is 30.7 Å². The average Bonchev–Trinajstić information content (AvgIpc) is 2.95. The van der Waals surface area contributed by atoms with Crippen molar-refractivity contribution in [2.75, 3.05) is 6.54 Å². The molecule has 0 bridgehead atoms. The van der Waals surface area contributed by atoms with Gasteiger partial charge in [-0.25, -0.2) is 4.98 Å². The van der Waals surface area contributed by atoms with Crippen LogP contribution in [0.1, 0.15) is 22.8 Å². The Balaban J connectivity index is 1.60. The molecule has 3 aromatic rings. The van der Waals surface area contributed by atoms with Gasteiger partial charge in [0.25, 0.3) is 0 Å². The van der Waals surface area contributed by atoms with Crippen LogP contribution >= 0.6 is 23.2 Å². The van der Waals surface area contributed by atoms with Crippen LogP contribution in [0.5, 0.6) is 0 Å². The first-order valence-electron chi connectivity index (χ1n) is 8.41. The van der Waals surface area contributed by atoms with Gasteiger partial charge in [0.1, 0.15) is 5.82 Å². The highest BCUT2D eigenvalue weighted by atomic mass is 35.5. The van der Waals surface area contributed by atoms with E-state index in [-0.39, 0.29) is 0 Å². The summed E-state index contributed by atoms with van der Waals surface area (Å²) in [7, 11) is 0. The number of rotatable bonds is 3. The molecule has 1 aliphatic heterocycles. The number of hydrogen-bond acceptors (Lipinski definition) is 2. The number of hydrogen-bond donors (Lipinski definition) is 0. The van der Waals surface area contributed by atoms with Gasteiger partial charge < -0.3 is 4.57 Å². The average molecular weight is 372 g/mol. The summed E-state index contributed by atoms with van der Waals surface area (Å²) in [5.41, 5.74) is 4.72. The molecule has 0 saturated carbocycles. The predicted octanol–water partition coefficient (Wildman–Crippen LogP) is 5.05. The van der Waals surface area contributed by atoms with Crippen molar-refractivity contribution in [1.82, 2.24) is 14.5 Å². The number of aromatic nitrogens is 2. The Kier molecular flexibility index (Phi) is 4.55. The minimum atomic E-state index is 0.612. The number of aryl methyl sites for hydroxylation is 1. The van der Waals surface area contributed by atoms with Gasteiger partial charge in [-0.15, -0.1) is 0 Å². The van der Waals surface area contributed by atoms with E-state index in [2.05, 4.69) is 40.7 Å². The molecule has 1 aliphatic rings. The summed E-state index contributed by atoms with van der Waals surface area (Å²) in [6, 6.07) is 16.3. The standard InChI is InChI=1S/C20H19Cl2N3/c1-14-23-18-13-24(12-15-6-5-9-17(21)20(15)22)11-10-19(18)25(14)16-7-3-2-4-8-16/h2-9H,10-13H2,1H3. The molecule has 0 N–H and O–H groups in total. The van der Waals surface area contributed by atoms with Crippen molar-refractivity contribution in [3.8, 4) is 5.69 Å². The molecule has 3 nitrogen and oxygen atoms in total. The fraction of sp³-hybridized carbons (Fsp3) is 0.250. The van der Waals surface area contributed by atoms with Crippen LogP contribution in [0.2, 0.25) is 10.0 Å². The normalized spacial score (nSPS) is 14.5. The van der Waals surface area contributed by atoms with Crippen molar-refractivity contribution < 1.29 is 0 Å². The molecule has 0 aliphatic carbocycles. The van der Waals surface area contributed by atoms with Crippen LogP contribution in [-0.2, 0) is 19.5 Å². The van der Waals surface area contributed by atoms with Crippen molar-refractivity contribution in [3.05, 3.63) is 81.4 Å². The Morgan fingerprint density at radius 2 is 1.84 bits per heavy atom. The molecule has 128 valence electrons. The van der Waals surface area contributed by atoms with Gasteiger partial charge in [0.05, 0.1) is 15.7 Å². The van der Waals surface area contributed by atoms with E-state index in [0.29, 0.717) is 10.0 Å². The van der Waals surface area contributed by atoms with Gasteiger partial charge in [0.15, 0.2) is 0 Å². The van der Waals surface area contributed by atoms with Crippen LogP contribution in [0.25, 0.3) is 5.69 Å². The predicted molar refractivity (Wildman–Crippen MR) is 103 cm³/mol. The molecular weight excluding hydrogens is 353 g/mol. The maximum absolute atomic E-state index is 6.34. The van der Waals surface area contributed by atoms with Crippen LogP contribution in [-0.4, -0.2) is 21.0 Å². The molecule has 25 heavy (non-hydrogen) atoms. The van der Waals surface area contributed by atoms with Crippen molar-refractivity contribution in [2.24, 2.45) is 0 Å². The Bertz CT molecular complexity index is 903. The number of fused-ring (bicyclic) bond motifs is 1. The lowest BCUT2D eigenvalue weighted by molar-refractivity contribution is 0.240. The molecule has 0 amide bonds. The molecule has 4 rings (SSSR count). The summed E-state index contributed by atoms with van der Waals surface area (Å²) in [5, 5.41) is 1.27. The van der Waals surface area contributed by atoms with Crippen molar-refractivity contribution >= 4 is 23.2 Å². The second-order valence-corrected chi connectivity index (χ2v) is 7.18. The molecule has 5 heteroatoms. The lowest BCUT2D eigenvalue weighted by Gasteiger charge is -2.27. The fourth-order valence-electron chi connectivity index (χ4n) is 3.54. The third-order valence-electron chi connectivity index (χ3n) is 4.70. The molecule has 0 radical (unpaired) electrons. The highest BCUT2D eigenvalue weighted by Crippen LogP contribution is 2.29. The van der Waals surface area contributed by atoms with E-state index < -0.39 is 0 Å². The number of benzene rings is 2. The quantitative estimate of drug-likeness (QED) is 0.642. The maximum atomic E-state index is 6.34. The lowest BCUT2D eigenvalue weighted by atomic mass is 10.1. The monoisotopic (exact) mass is 371 g/mol. The van der Waals surface area contributed by atoms with E-state index in [1.807, 2.05) is 24.3 Å². The van der Waals surface area contributed by atoms with Crippen molar-refractivity contribution in [1.29, 1.82) is 0 Å². The zero-order valence-electron chi connectivity index (χ0n) is 14.0. The van der Waals surface area contributed by atoms with Crippen molar-refractivity contribution in [3.63, 3.8) is 0 Å². The molecule has 0 unspecified atom stereocenters. The van der Waals surface area contributed by atoms with Gasteiger partial charge in [0, 0.05) is 37.4 Å². The summed E-state index contributed by atoms with van der Waals surface area (Å²) in [4.78, 5) is 7.20. The molecule has 0 saturated heterocycles. The van der Waals surface area contributed by atoms with Crippen LogP contribution in [0, 0.1) is 6.92 Å². The van der Waals surface area contributed by atoms with E-state index in [9.17, 15) is 0 Å². The molecule has 1 aromatic heterocycles. The minimum Gasteiger partial charge on any atom is -0.301 e. The second kappa shape index (κ2) is 6.83. The number of halogens is 2. The largest absolute Gasteiger partial charge is 0.301 e. The summed E-state index contributed by atoms with van der Waals surface area (Å²) in [5.74, 6) is 1.04. The smallest absolute Gasteiger partial charge is 0.110 e. The first-order valence-corrected chi connectivity index (χ1v) is 9.17. The molecule has 0 atom stereocenters. The highest BCUT2D eigenvalue weighted by molar-refractivity contribution is 6.42. The molecule has 0 spiro atoms. The van der Waals surface area contributed by atoms with E-state index in [4.69, 9.17) is 28.2 Å². The minimum absolute atomic E-state index is 0.612. The zero-order chi connectivity index (χ0) is 17.4. The van der Waals surface area contributed by atoms with Crippen LogP contribution in [0.3, 0.4) is 0 Å². The zero-order valence-corrected chi connectivity index (χ0v) is 15.6. The number of nitrogens with zero attached hydrogens (tertiary/aromatic N) is 3. The Morgan fingerprint density at radius 1 is 1.04 bits per heavy atom. The van der Waals surface area contributed by atoms with Crippen molar-refractivity contribution in [2.45, 2.75) is 26.4 Å². The Morgan fingerprint density at radius 3 is 2.64 bits per heavy atom.